The molecule has 0 radical (unpaired) electrons. The number of hydrogen-bond acceptors (Lipinski definition) is 2. The fourth-order valence-electron chi connectivity index (χ4n) is 4.89. The molecule has 0 bridgehead atoms. The number of piperidine rings is 1. The molecule has 32 heavy (non-hydrogen) atoms. The number of rotatable bonds is 6. The number of likely N-dealkylation sites (tertiary alicyclic amines) is 1. The van der Waals surface area contributed by atoms with Crippen molar-refractivity contribution in [2.75, 3.05) is 26.2 Å². The molecule has 0 aromatic heterocycles. The van der Waals surface area contributed by atoms with Gasteiger partial charge in [-0.15, -0.1) is 0 Å². The molecule has 2 heteroatoms. The summed E-state index contributed by atoms with van der Waals surface area (Å²) in [6.07, 6.45) is 9.14. The standard InChI is InChI=1S/C30H31NO/c1-2-12-27(13-3-1)32-23-9-8-20-31-21-18-26(19-22-31)30-28-14-6-4-10-24(28)16-17-25-11-5-7-15-29(25)30/h1-7,10-17H,8-9,18-23H2. The van der Waals surface area contributed by atoms with E-state index in [4.69, 9.17) is 4.74 Å². The van der Waals surface area contributed by atoms with Gasteiger partial charge in [0.2, 0.25) is 0 Å². The van der Waals surface area contributed by atoms with Crippen LogP contribution in [0.15, 0.2) is 84.4 Å². The van der Waals surface area contributed by atoms with E-state index in [1.807, 2.05) is 30.3 Å². The molecule has 0 N–H and O–H groups in total. The molecule has 5 rings (SSSR count). The Morgan fingerprint density at radius 1 is 0.656 bits per heavy atom. The maximum absolute atomic E-state index is 5.84. The van der Waals surface area contributed by atoms with E-state index >= 15 is 0 Å². The van der Waals surface area contributed by atoms with E-state index in [-0.39, 0.29) is 0 Å². The Bertz CT molecular complexity index is 1050. The first-order valence-electron chi connectivity index (χ1n) is 11.9. The van der Waals surface area contributed by atoms with Crippen LogP contribution in [0.25, 0.3) is 17.7 Å². The zero-order valence-electron chi connectivity index (χ0n) is 18.7. The van der Waals surface area contributed by atoms with Gasteiger partial charge in [0.05, 0.1) is 6.61 Å². The molecule has 3 aromatic carbocycles. The molecule has 162 valence electrons. The highest BCUT2D eigenvalue weighted by Gasteiger charge is 2.22. The topological polar surface area (TPSA) is 12.5 Å². The molecule has 0 amide bonds. The SMILES string of the molecule is C1=Cc2ccccc2C(=C2CCN(CCCCOc3ccccc3)CC2)c2ccccc21. The third-order valence-corrected chi connectivity index (χ3v) is 6.60. The second-order valence-corrected chi connectivity index (χ2v) is 8.70. The lowest BCUT2D eigenvalue weighted by Crippen LogP contribution is -2.32. The molecule has 1 aliphatic carbocycles. The predicted molar refractivity (Wildman–Crippen MR) is 135 cm³/mol. The molecule has 2 aliphatic rings. The van der Waals surface area contributed by atoms with Gasteiger partial charge in [-0.25, -0.2) is 0 Å². The van der Waals surface area contributed by atoms with E-state index in [2.05, 4.69) is 65.6 Å². The minimum absolute atomic E-state index is 0.799. The summed E-state index contributed by atoms with van der Waals surface area (Å²) in [6.45, 7) is 4.26. The summed E-state index contributed by atoms with van der Waals surface area (Å²) in [5, 5.41) is 0. The van der Waals surface area contributed by atoms with Crippen molar-refractivity contribution in [2.24, 2.45) is 0 Å². The average molecular weight is 422 g/mol. The Labute approximate surface area is 191 Å². The summed E-state index contributed by atoms with van der Waals surface area (Å²) in [5.74, 6) is 0.972. The van der Waals surface area contributed by atoms with Crippen LogP contribution >= 0.6 is 0 Å². The third-order valence-electron chi connectivity index (χ3n) is 6.60. The van der Waals surface area contributed by atoms with Gasteiger partial charge in [-0.3, -0.25) is 0 Å². The lowest BCUT2D eigenvalue weighted by Gasteiger charge is -2.30. The van der Waals surface area contributed by atoms with Crippen molar-refractivity contribution in [3.8, 4) is 5.75 Å². The molecule has 0 atom stereocenters. The number of unbranched alkanes of at least 4 members (excludes halogenated alkanes) is 1. The predicted octanol–water partition coefficient (Wildman–Crippen LogP) is 6.93. The number of ether oxygens (including phenoxy) is 1. The third kappa shape index (κ3) is 4.71. The number of para-hydroxylation sites is 1. The van der Waals surface area contributed by atoms with Crippen LogP contribution in [-0.2, 0) is 0 Å². The second-order valence-electron chi connectivity index (χ2n) is 8.70. The summed E-state index contributed by atoms with van der Waals surface area (Å²) in [4.78, 5) is 2.62. The van der Waals surface area contributed by atoms with Crippen molar-refractivity contribution in [2.45, 2.75) is 25.7 Å². The molecule has 1 aliphatic heterocycles. The van der Waals surface area contributed by atoms with Crippen LogP contribution < -0.4 is 4.74 Å². The van der Waals surface area contributed by atoms with Crippen molar-refractivity contribution in [3.05, 3.63) is 107 Å². The van der Waals surface area contributed by atoms with E-state index in [1.54, 1.807) is 5.57 Å². The Morgan fingerprint density at radius 3 is 1.91 bits per heavy atom. The lowest BCUT2D eigenvalue weighted by atomic mass is 9.86. The fourth-order valence-corrected chi connectivity index (χ4v) is 4.89. The first kappa shape index (κ1) is 20.8. The summed E-state index contributed by atoms with van der Waals surface area (Å²) < 4.78 is 5.84. The second kappa shape index (κ2) is 10.0. The van der Waals surface area contributed by atoms with Crippen molar-refractivity contribution < 1.29 is 4.74 Å². The fraction of sp³-hybridized carbons (Fsp3) is 0.267. The summed E-state index contributed by atoms with van der Waals surface area (Å²) in [6, 6.07) is 27.8. The van der Waals surface area contributed by atoms with Gasteiger partial charge < -0.3 is 9.64 Å². The maximum atomic E-state index is 5.84. The highest BCUT2D eigenvalue weighted by Crippen LogP contribution is 2.38. The Hall–Kier alpha value is -3.10. The lowest BCUT2D eigenvalue weighted by molar-refractivity contribution is 0.237. The Balaban J connectivity index is 1.23. The van der Waals surface area contributed by atoms with Gasteiger partial charge in [0.25, 0.3) is 0 Å². The smallest absolute Gasteiger partial charge is 0.119 e. The Kier molecular flexibility index (Phi) is 6.50. The minimum Gasteiger partial charge on any atom is -0.494 e. The van der Waals surface area contributed by atoms with Crippen molar-refractivity contribution in [3.63, 3.8) is 0 Å². The van der Waals surface area contributed by atoms with E-state index in [0.717, 1.165) is 51.3 Å². The average Bonchev–Trinajstić information content (AvgIpc) is 3.02. The molecule has 3 aromatic rings. The van der Waals surface area contributed by atoms with Crippen LogP contribution in [0, 0.1) is 0 Å². The maximum Gasteiger partial charge on any atom is 0.119 e. The Morgan fingerprint density at radius 2 is 1.25 bits per heavy atom. The quantitative estimate of drug-likeness (QED) is 0.313. The van der Waals surface area contributed by atoms with E-state index < -0.39 is 0 Å². The molecule has 1 fully saturated rings. The van der Waals surface area contributed by atoms with Gasteiger partial charge in [-0.05, 0) is 72.2 Å². The van der Waals surface area contributed by atoms with E-state index in [1.165, 1.54) is 34.2 Å². The molecular formula is C30H31NO. The van der Waals surface area contributed by atoms with Gasteiger partial charge >= 0.3 is 0 Å². The van der Waals surface area contributed by atoms with Crippen LogP contribution in [0.3, 0.4) is 0 Å². The number of benzene rings is 3. The molecular weight excluding hydrogens is 390 g/mol. The van der Waals surface area contributed by atoms with Gasteiger partial charge in [0.1, 0.15) is 5.75 Å². The van der Waals surface area contributed by atoms with Crippen LogP contribution in [0.4, 0.5) is 0 Å². The molecule has 0 saturated carbocycles. The monoisotopic (exact) mass is 421 g/mol. The molecule has 0 spiro atoms. The first-order valence-corrected chi connectivity index (χ1v) is 11.9. The molecule has 2 nitrogen and oxygen atoms in total. The van der Waals surface area contributed by atoms with Gasteiger partial charge in [0, 0.05) is 13.1 Å². The van der Waals surface area contributed by atoms with E-state index in [0.29, 0.717) is 0 Å². The van der Waals surface area contributed by atoms with Gasteiger partial charge in [-0.2, -0.15) is 0 Å². The van der Waals surface area contributed by atoms with Crippen LogP contribution in [0.1, 0.15) is 47.9 Å². The summed E-state index contributed by atoms with van der Waals surface area (Å²) >= 11 is 0. The molecule has 0 unspecified atom stereocenters. The largest absolute Gasteiger partial charge is 0.494 e. The highest BCUT2D eigenvalue weighted by molar-refractivity contribution is 5.94. The molecule has 1 saturated heterocycles. The first-order chi connectivity index (χ1) is 15.9. The summed E-state index contributed by atoms with van der Waals surface area (Å²) in [5.41, 5.74) is 8.50. The van der Waals surface area contributed by atoms with Crippen molar-refractivity contribution >= 4 is 17.7 Å². The summed E-state index contributed by atoms with van der Waals surface area (Å²) in [7, 11) is 0. The highest BCUT2D eigenvalue weighted by atomic mass is 16.5. The van der Waals surface area contributed by atoms with Crippen LogP contribution in [0.5, 0.6) is 5.75 Å². The zero-order valence-corrected chi connectivity index (χ0v) is 18.7. The zero-order chi connectivity index (χ0) is 21.6. The van der Waals surface area contributed by atoms with Crippen LogP contribution in [-0.4, -0.2) is 31.1 Å². The normalized spacial score (nSPS) is 15.8. The minimum atomic E-state index is 0.799. The number of nitrogens with zero attached hydrogens (tertiary/aromatic N) is 1. The number of fused-ring (bicyclic) bond motifs is 2. The number of hydrogen-bond donors (Lipinski definition) is 0. The van der Waals surface area contributed by atoms with Crippen molar-refractivity contribution in [1.82, 2.24) is 4.90 Å². The van der Waals surface area contributed by atoms with Crippen molar-refractivity contribution in [1.29, 1.82) is 0 Å². The van der Waals surface area contributed by atoms with Crippen LogP contribution in [0.2, 0.25) is 0 Å². The van der Waals surface area contributed by atoms with Gasteiger partial charge in [0.15, 0.2) is 0 Å². The molecule has 1 heterocycles. The van der Waals surface area contributed by atoms with Gasteiger partial charge in [-0.1, -0.05) is 84.5 Å². The van der Waals surface area contributed by atoms with E-state index in [9.17, 15) is 0 Å².